The number of amides is 1. The quantitative estimate of drug-likeness (QED) is 0.894. The van der Waals surface area contributed by atoms with E-state index in [9.17, 15) is 13.2 Å². The first-order valence-electron chi connectivity index (χ1n) is 6.95. The number of allylic oxidation sites excluding steroid dienone is 2. The molecule has 0 aliphatic carbocycles. The SMILES string of the molecule is O=C(NCc1ccc(Cl)cc1)C1=CC=CN2CCS(=O)(=O)N=C12. The zero-order valence-corrected chi connectivity index (χ0v) is 13.6. The molecule has 23 heavy (non-hydrogen) atoms. The highest BCUT2D eigenvalue weighted by Gasteiger charge is 2.29. The molecule has 0 spiro atoms. The number of rotatable bonds is 3. The summed E-state index contributed by atoms with van der Waals surface area (Å²) in [5.74, 6) is -0.252. The van der Waals surface area contributed by atoms with Gasteiger partial charge in [-0.15, -0.1) is 4.40 Å². The first kappa shape index (κ1) is 15.8. The highest BCUT2D eigenvalue weighted by atomic mass is 35.5. The van der Waals surface area contributed by atoms with Gasteiger partial charge in [0.25, 0.3) is 15.9 Å². The number of sulfonamides is 1. The predicted octanol–water partition coefficient (Wildman–Crippen LogP) is 1.45. The molecule has 0 unspecified atom stereocenters. The van der Waals surface area contributed by atoms with Crippen LogP contribution in [0.2, 0.25) is 5.02 Å². The predicted molar refractivity (Wildman–Crippen MR) is 88.4 cm³/mol. The lowest BCUT2D eigenvalue weighted by atomic mass is 10.1. The number of benzene rings is 1. The van der Waals surface area contributed by atoms with Crippen LogP contribution in [-0.2, 0) is 21.4 Å². The highest BCUT2D eigenvalue weighted by Crippen LogP contribution is 2.18. The second-order valence-electron chi connectivity index (χ2n) is 5.13. The van der Waals surface area contributed by atoms with Gasteiger partial charge in [-0.2, -0.15) is 0 Å². The van der Waals surface area contributed by atoms with Crippen molar-refractivity contribution in [3.05, 3.63) is 58.8 Å². The molecule has 0 saturated heterocycles. The summed E-state index contributed by atoms with van der Waals surface area (Å²) in [4.78, 5) is 14.0. The normalized spacial score (nSPS) is 18.7. The van der Waals surface area contributed by atoms with E-state index in [1.807, 2.05) is 12.1 Å². The maximum absolute atomic E-state index is 12.4. The number of amidine groups is 1. The van der Waals surface area contributed by atoms with Crippen LogP contribution in [-0.4, -0.2) is 37.4 Å². The second-order valence-corrected chi connectivity index (χ2v) is 7.32. The lowest BCUT2D eigenvalue weighted by Crippen LogP contribution is -2.42. The Kier molecular flexibility index (Phi) is 4.23. The van der Waals surface area contributed by atoms with Crippen molar-refractivity contribution in [2.24, 2.45) is 4.40 Å². The molecular formula is C15H14ClN3O3S. The second kappa shape index (κ2) is 6.17. The third kappa shape index (κ3) is 3.62. The van der Waals surface area contributed by atoms with Gasteiger partial charge in [-0.25, -0.2) is 8.42 Å². The van der Waals surface area contributed by atoms with E-state index in [0.29, 0.717) is 18.1 Å². The van der Waals surface area contributed by atoms with Gasteiger partial charge in [0.15, 0.2) is 5.84 Å². The molecule has 0 radical (unpaired) electrons. The average Bonchev–Trinajstić information content (AvgIpc) is 2.52. The van der Waals surface area contributed by atoms with Crippen LogP contribution in [0.1, 0.15) is 5.56 Å². The van der Waals surface area contributed by atoms with Crippen LogP contribution >= 0.6 is 11.6 Å². The van der Waals surface area contributed by atoms with Crippen molar-refractivity contribution < 1.29 is 13.2 Å². The third-order valence-corrected chi connectivity index (χ3v) is 4.87. The summed E-state index contributed by atoms with van der Waals surface area (Å²) in [6.45, 7) is 0.608. The standard InChI is InChI=1S/C15H14ClN3O3S/c16-12-5-3-11(4-6-12)10-17-15(20)13-2-1-7-19-8-9-23(21,22)18-14(13)19/h1-7H,8-10H2,(H,17,20). The Bertz CT molecular complexity index is 826. The molecule has 8 heteroatoms. The van der Waals surface area contributed by atoms with E-state index < -0.39 is 10.0 Å². The van der Waals surface area contributed by atoms with Gasteiger partial charge in [-0.1, -0.05) is 23.7 Å². The van der Waals surface area contributed by atoms with Gasteiger partial charge < -0.3 is 10.2 Å². The molecule has 1 N–H and O–H groups in total. The molecule has 3 rings (SSSR count). The number of hydrogen-bond acceptors (Lipinski definition) is 4. The average molecular weight is 352 g/mol. The summed E-state index contributed by atoms with van der Waals surface area (Å²) in [5, 5.41) is 3.38. The Hall–Kier alpha value is -2.12. The summed E-state index contributed by atoms with van der Waals surface area (Å²) in [7, 11) is -3.51. The topological polar surface area (TPSA) is 78.8 Å². The summed E-state index contributed by atoms with van der Waals surface area (Å²) in [5.41, 5.74) is 1.13. The van der Waals surface area contributed by atoms with Crippen molar-refractivity contribution in [2.75, 3.05) is 12.3 Å². The van der Waals surface area contributed by atoms with E-state index >= 15 is 0 Å². The van der Waals surface area contributed by atoms with E-state index in [1.54, 1.807) is 35.4 Å². The molecule has 2 aliphatic rings. The fourth-order valence-electron chi connectivity index (χ4n) is 2.27. The Morgan fingerprint density at radius 1 is 1.30 bits per heavy atom. The number of carbonyl (C=O) groups excluding carboxylic acids is 1. The number of fused-ring (bicyclic) bond motifs is 1. The van der Waals surface area contributed by atoms with Crippen LogP contribution in [0.25, 0.3) is 0 Å². The maximum Gasteiger partial charge on any atom is 0.256 e. The van der Waals surface area contributed by atoms with Crippen LogP contribution in [0.15, 0.2) is 52.6 Å². The number of nitrogens with zero attached hydrogens (tertiary/aromatic N) is 2. The summed E-state index contributed by atoms with van der Waals surface area (Å²) < 4.78 is 27.1. The van der Waals surface area contributed by atoms with E-state index in [-0.39, 0.29) is 23.1 Å². The molecule has 2 heterocycles. The first-order valence-corrected chi connectivity index (χ1v) is 8.94. The number of carbonyl (C=O) groups is 1. The summed E-state index contributed by atoms with van der Waals surface area (Å²) >= 11 is 5.82. The number of hydrogen-bond donors (Lipinski definition) is 1. The largest absolute Gasteiger partial charge is 0.348 e. The van der Waals surface area contributed by atoms with Gasteiger partial charge in [0.1, 0.15) is 0 Å². The molecule has 120 valence electrons. The van der Waals surface area contributed by atoms with E-state index in [2.05, 4.69) is 9.71 Å². The molecule has 0 saturated carbocycles. The fraction of sp³-hybridized carbons (Fsp3) is 0.200. The van der Waals surface area contributed by atoms with Crippen molar-refractivity contribution in [3.8, 4) is 0 Å². The lowest BCUT2D eigenvalue weighted by Gasteiger charge is -2.28. The molecule has 0 atom stereocenters. The molecule has 0 bridgehead atoms. The van der Waals surface area contributed by atoms with Crippen LogP contribution in [0.4, 0.5) is 0 Å². The molecule has 1 amide bonds. The number of halogens is 1. The Labute approximate surface area is 139 Å². The van der Waals surface area contributed by atoms with Crippen molar-refractivity contribution >= 4 is 33.4 Å². The molecular weight excluding hydrogens is 338 g/mol. The van der Waals surface area contributed by atoms with E-state index in [1.165, 1.54) is 0 Å². The van der Waals surface area contributed by atoms with E-state index in [0.717, 1.165) is 5.56 Å². The van der Waals surface area contributed by atoms with Gasteiger partial charge in [-0.05, 0) is 29.8 Å². The Balaban J connectivity index is 1.76. The maximum atomic E-state index is 12.4. The molecule has 0 aromatic heterocycles. The molecule has 1 aromatic rings. The van der Waals surface area contributed by atoms with Crippen molar-refractivity contribution in [2.45, 2.75) is 6.54 Å². The van der Waals surface area contributed by atoms with Crippen molar-refractivity contribution in [3.63, 3.8) is 0 Å². The minimum absolute atomic E-state index is 0.0550. The molecule has 6 nitrogen and oxygen atoms in total. The van der Waals surface area contributed by atoms with Gasteiger partial charge in [0.05, 0.1) is 11.3 Å². The minimum Gasteiger partial charge on any atom is -0.348 e. The first-order chi connectivity index (χ1) is 10.9. The van der Waals surface area contributed by atoms with Gasteiger partial charge in [0, 0.05) is 24.3 Å². The summed E-state index contributed by atoms with van der Waals surface area (Å²) in [6.07, 6.45) is 4.98. The summed E-state index contributed by atoms with van der Waals surface area (Å²) in [6, 6.07) is 7.11. The molecule has 2 aliphatic heterocycles. The van der Waals surface area contributed by atoms with Gasteiger partial charge >= 0.3 is 0 Å². The zero-order chi connectivity index (χ0) is 16.4. The van der Waals surface area contributed by atoms with Crippen LogP contribution < -0.4 is 5.32 Å². The number of nitrogens with one attached hydrogen (secondary N) is 1. The van der Waals surface area contributed by atoms with Gasteiger partial charge in [0.2, 0.25) is 0 Å². The highest BCUT2D eigenvalue weighted by molar-refractivity contribution is 7.90. The molecule has 0 fully saturated rings. The smallest absolute Gasteiger partial charge is 0.256 e. The van der Waals surface area contributed by atoms with Gasteiger partial charge in [-0.3, -0.25) is 4.79 Å². The van der Waals surface area contributed by atoms with E-state index in [4.69, 9.17) is 11.6 Å². The van der Waals surface area contributed by atoms with Crippen molar-refractivity contribution in [1.29, 1.82) is 0 Å². The lowest BCUT2D eigenvalue weighted by molar-refractivity contribution is -0.117. The monoisotopic (exact) mass is 351 g/mol. The molecule has 1 aromatic carbocycles. The Morgan fingerprint density at radius 3 is 2.78 bits per heavy atom. The minimum atomic E-state index is -3.51. The van der Waals surface area contributed by atoms with Crippen molar-refractivity contribution in [1.82, 2.24) is 10.2 Å². The Morgan fingerprint density at radius 2 is 2.04 bits per heavy atom. The van der Waals surface area contributed by atoms with Crippen LogP contribution in [0.3, 0.4) is 0 Å². The van der Waals surface area contributed by atoms with Crippen LogP contribution in [0.5, 0.6) is 0 Å². The third-order valence-electron chi connectivity index (χ3n) is 3.47. The zero-order valence-electron chi connectivity index (χ0n) is 12.1. The van der Waals surface area contributed by atoms with Crippen LogP contribution in [0, 0.1) is 0 Å². The fourth-order valence-corrected chi connectivity index (χ4v) is 3.38.